The zero-order valence-electron chi connectivity index (χ0n) is 14.2. The van der Waals surface area contributed by atoms with Gasteiger partial charge in [0, 0.05) is 22.2 Å². The summed E-state index contributed by atoms with van der Waals surface area (Å²) < 4.78 is 30.6. The van der Waals surface area contributed by atoms with Gasteiger partial charge in [-0.15, -0.1) is 0 Å². The largest absolute Gasteiger partial charge is 0.334 e. The summed E-state index contributed by atoms with van der Waals surface area (Å²) in [7, 11) is -1.90. The zero-order valence-corrected chi connectivity index (χ0v) is 16.6. The van der Waals surface area contributed by atoms with Crippen molar-refractivity contribution >= 4 is 39.2 Å². The normalized spacial score (nSPS) is 11.5. The lowest BCUT2D eigenvalue weighted by Gasteiger charge is -2.05. The van der Waals surface area contributed by atoms with Crippen LogP contribution in [0.15, 0.2) is 47.0 Å². The van der Waals surface area contributed by atoms with Crippen molar-refractivity contribution in [3.63, 3.8) is 0 Å². The molecule has 2 N–H and O–H groups in total. The van der Waals surface area contributed by atoms with Crippen LogP contribution in [0.5, 0.6) is 0 Å². The molecular weight excluding hydrogens is 411 g/mol. The summed E-state index contributed by atoms with van der Waals surface area (Å²) in [5.74, 6) is 0.307. The SMILES string of the molecule is CNS(=O)(=O)Cc1ccc(CNc2nc(-c3cc(Cl)cc(Cl)c3)no2)cc1. The van der Waals surface area contributed by atoms with Crippen LogP contribution in [-0.4, -0.2) is 25.6 Å². The van der Waals surface area contributed by atoms with E-state index in [-0.39, 0.29) is 11.8 Å². The van der Waals surface area contributed by atoms with Crippen LogP contribution in [0.3, 0.4) is 0 Å². The molecule has 3 aromatic rings. The summed E-state index contributed by atoms with van der Waals surface area (Å²) in [5.41, 5.74) is 2.29. The predicted octanol–water partition coefficient (Wildman–Crippen LogP) is 3.70. The van der Waals surface area contributed by atoms with Crippen molar-refractivity contribution in [1.29, 1.82) is 0 Å². The smallest absolute Gasteiger partial charge is 0.322 e. The Morgan fingerprint density at radius 2 is 1.67 bits per heavy atom. The molecule has 1 heterocycles. The van der Waals surface area contributed by atoms with E-state index < -0.39 is 10.0 Å². The van der Waals surface area contributed by atoms with Gasteiger partial charge in [0.1, 0.15) is 0 Å². The Bertz CT molecular complexity index is 1020. The third kappa shape index (κ3) is 5.43. The summed E-state index contributed by atoms with van der Waals surface area (Å²) in [5, 5.41) is 7.89. The van der Waals surface area contributed by atoms with Gasteiger partial charge in [-0.1, -0.05) is 52.6 Å². The quantitative estimate of drug-likeness (QED) is 0.597. The molecule has 142 valence electrons. The van der Waals surface area contributed by atoms with E-state index >= 15 is 0 Å². The molecule has 0 amide bonds. The molecule has 0 atom stereocenters. The molecule has 0 fully saturated rings. The second-order valence-electron chi connectivity index (χ2n) is 5.71. The molecule has 1 aromatic heterocycles. The molecule has 27 heavy (non-hydrogen) atoms. The number of nitrogens with one attached hydrogen (secondary N) is 2. The number of hydrogen-bond acceptors (Lipinski definition) is 6. The number of benzene rings is 2. The van der Waals surface area contributed by atoms with E-state index in [4.69, 9.17) is 27.7 Å². The van der Waals surface area contributed by atoms with Gasteiger partial charge in [-0.25, -0.2) is 13.1 Å². The fraction of sp³-hybridized carbons (Fsp3) is 0.176. The molecule has 0 bridgehead atoms. The molecule has 0 saturated heterocycles. The molecule has 0 unspecified atom stereocenters. The van der Waals surface area contributed by atoms with Crippen LogP contribution in [0.25, 0.3) is 11.4 Å². The van der Waals surface area contributed by atoms with Crippen LogP contribution in [-0.2, 0) is 22.3 Å². The first kappa shape index (κ1) is 19.6. The van der Waals surface area contributed by atoms with Crippen molar-refractivity contribution in [3.8, 4) is 11.4 Å². The Morgan fingerprint density at radius 3 is 2.30 bits per heavy atom. The monoisotopic (exact) mass is 426 g/mol. The summed E-state index contributed by atoms with van der Waals surface area (Å²) in [4.78, 5) is 4.26. The number of nitrogens with zero attached hydrogens (tertiary/aromatic N) is 2. The maximum absolute atomic E-state index is 11.6. The second kappa shape index (κ2) is 8.26. The van der Waals surface area contributed by atoms with E-state index in [9.17, 15) is 8.42 Å². The average Bonchev–Trinajstić information content (AvgIpc) is 3.09. The maximum Gasteiger partial charge on any atom is 0.322 e. The highest BCUT2D eigenvalue weighted by molar-refractivity contribution is 7.88. The molecule has 0 spiro atoms. The van der Waals surface area contributed by atoms with Gasteiger partial charge in [0.05, 0.1) is 5.75 Å². The Balaban J connectivity index is 1.63. The number of halogens is 2. The van der Waals surface area contributed by atoms with E-state index in [2.05, 4.69) is 20.2 Å². The summed E-state index contributed by atoms with van der Waals surface area (Å²) in [6.07, 6.45) is 0. The number of rotatable bonds is 7. The van der Waals surface area contributed by atoms with Crippen molar-refractivity contribution in [1.82, 2.24) is 14.9 Å². The summed E-state index contributed by atoms with van der Waals surface area (Å²) in [6.45, 7) is 0.441. The molecule has 0 saturated carbocycles. The molecule has 2 aromatic carbocycles. The van der Waals surface area contributed by atoms with Gasteiger partial charge in [0.25, 0.3) is 0 Å². The lowest BCUT2D eigenvalue weighted by Crippen LogP contribution is -2.20. The van der Waals surface area contributed by atoms with Crippen molar-refractivity contribution in [3.05, 3.63) is 63.6 Å². The molecule has 0 aliphatic rings. The molecule has 7 nitrogen and oxygen atoms in total. The molecule has 3 rings (SSSR count). The fourth-order valence-corrected chi connectivity index (χ4v) is 3.62. The van der Waals surface area contributed by atoms with Crippen LogP contribution in [0.4, 0.5) is 6.01 Å². The summed E-state index contributed by atoms with van der Waals surface area (Å²) >= 11 is 12.0. The molecular formula is C17H16Cl2N4O3S. The molecule has 10 heteroatoms. The first-order valence-electron chi connectivity index (χ1n) is 7.88. The van der Waals surface area contributed by atoms with Crippen molar-refractivity contribution in [2.45, 2.75) is 12.3 Å². The lowest BCUT2D eigenvalue weighted by molar-refractivity contribution is 0.432. The Labute approximate surface area is 166 Å². The van der Waals surface area contributed by atoms with Crippen LogP contribution in [0, 0.1) is 0 Å². The maximum atomic E-state index is 11.6. The standard InChI is InChI=1S/C17H16Cl2N4O3S/c1-20-27(24,25)10-12-4-2-11(3-5-12)9-21-17-22-16(23-26-17)13-6-14(18)8-15(19)7-13/h2-8,20H,9-10H2,1H3,(H,21,22,23). The van der Waals surface area contributed by atoms with Crippen molar-refractivity contribution < 1.29 is 12.9 Å². The number of anilines is 1. The van der Waals surface area contributed by atoms with Crippen molar-refractivity contribution in [2.75, 3.05) is 12.4 Å². The Kier molecular flexibility index (Phi) is 6.01. The topological polar surface area (TPSA) is 97.1 Å². The number of hydrogen-bond donors (Lipinski definition) is 2. The average molecular weight is 427 g/mol. The minimum Gasteiger partial charge on any atom is -0.334 e. The van der Waals surface area contributed by atoms with Gasteiger partial charge in [-0.2, -0.15) is 4.98 Å². The highest BCUT2D eigenvalue weighted by Gasteiger charge is 2.11. The highest BCUT2D eigenvalue weighted by atomic mass is 35.5. The van der Waals surface area contributed by atoms with Crippen LogP contribution >= 0.6 is 23.2 Å². The predicted molar refractivity (Wildman–Crippen MR) is 105 cm³/mol. The first-order valence-corrected chi connectivity index (χ1v) is 10.3. The van der Waals surface area contributed by atoms with Crippen LogP contribution < -0.4 is 10.0 Å². The van der Waals surface area contributed by atoms with Crippen LogP contribution in [0.1, 0.15) is 11.1 Å². The van der Waals surface area contributed by atoms with Gasteiger partial charge >= 0.3 is 6.01 Å². The fourth-order valence-electron chi connectivity index (χ4n) is 2.32. The second-order valence-corrected chi connectivity index (χ2v) is 8.51. The van der Waals surface area contributed by atoms with Crippen LogP contribution in [0.2, 0.25) is 10.0 Å². The Morgan fingerprint density at radius 1 is 1.04 bits per heavy atom. The molecule has 0 aliphatic heterocycles. The summed E-state index contributed by atoms with van der Waals surface area (Å²) in [6, 6.07) is 12.5. The van der Waals surface area contributed by atoms with E-state index in [0.717, 1.165) is 5.56 Å². The van der Waals surface area contributed by atoms with E-state index in [1.807, 2.05) is 12.1 Å². The third-order valence-electron chi connectivity index (χ3n) is 3.68. The van der Waals surface area contributed by atoms with E-state index in [0.29, 0.717) is 33.5 Å². The zero-order chi connectivity index (χ0) is 19.4. The molecule has 0 aliphatic carbocycles. The van der Waals surface area contributed by atoms with Crippen molar-refractivity contribution in [2.24, 2.45) is 0 Å². The highest BCUT2D eigenvalue weighted by Crippen LogP contribution is 2.26. The van der Waals surface area contributed by atoms with Gasteiger partial charge in [0.2, 0.25) is 15.8 Å². The minimum absolute atomic E-state index is 0.0631. The van der Waals surface area contributed by atoms with Gasteiger partial charge < -0.3 is 9.84 Å². The molecule has 0 radical (unpaired) electrons. The lowest BCUT2D eigenvalue weighted by atomic mass is 10.1. The first-order chi connectivity index (χ1) is 12.8. The van der Waals surface area contributed by atoms with Gasteiger partial charge in [0.15, 0.2) is 0 Å². The third-order valence-corrected chi connectivity index (χ3v) is 5.45. The van der Waals surface area contributed by atoms with Gasteiger partial charge in [-0.3, -0.25) is 0 Å². The minimum atomic E-state index is -3.29. The Hall–Kier alpha value is -2.13. The van der Waals surface area contributed by atoms with Gasteiger partial charge in [-0.05, 0) is 36.4 Å². The van der Waals surface area contributed by atoms with E-state index in [1.165, 1.54) is 7.05 Å². The van der Waals surface area contributed by atoms with E-state index in [1.54, 1.807) is 30.3 Å². The number of sulfonamides is 1. The number of aromatic nitrogens is 2.